The molecule has 0 amide bonds. The number of fused-ring (bicyclic) bond motifs is 14. The molecule has 8 aromatic carbocycles. The lowest BCUT2D eigenvalue weighted by Crippen LogP contribution is -2.29. The summed E-state index contributed by atoms with van der Waals surface area (Å²) >= 11 is 3.57. The molecule has 99 heavy (non-hydrogen) atoms. The highest BCUT2D eigenvalue weighted by atomic mass is 79.9. The van der Waals surface area contributed by atoms with Gasteiger partial charge in [-0.25, -0.2) is 39.9 Å². The summed E-state index contributed by atoms with van der Waals surface area (Å²) < 4.78 is 4.76. The van der Waals surface area contributed by atoms with Crippen LogP contribution in [0.3, 0.4) is 0 Å². The van der Waals surface area contributed by atoms with Crippen LogP contribution >= 0.6 is 89.5 Å². The van der Waals surface area contributed by atoms with E-state index in [0.717, 1.165) is 157 Å². The van der Waals surface area contributed by atoms with Crippen LogP contribution in [0.15, 0.2) is 272 Å². The summed E-state index contributed by atoms with van der Waals surface area (Å²) in [4.78, 5) is 49.3. The normalized spacial score (nSPS) is 11.7. The molecule has 0 saturated heterocycles. The third-order valence-electron chi connectivity index (χ3n) is 16.8. The van der Waals surface area contributed by atoms with Gasteiger partial charge in [-0.15, -0.1) is 44.6 Å². The van der Waals surface area contributed by atoms with Crippen molar-refractivity contribution in [3.63, 3.8) is 0 Å². The molecule has 6 atom stereocenters. The van der Waals surface area contributed by atoms with Gasteiger partial charge in [-0.3, -0.25) is 19.1 Å². The van der Waals surface area contributed by atoms with Crippen molar-refractivity contribution in [2.45, 2.75) is 0 Å². The molecule has 10 heterocycles. The van der Waals surface area contributed by atoms with Gasteiger partial charge in [-0.2, -0.15) is 0 Å². The van der Waals surface area contributed by atoms with E-state index < -0.39 is 7.12 Å². The van der Waals surface area contributed by atoms with E-state index in [1.165, 1.54) is 0 Å². The molecule has 10 aromatic heterocycles. The van der Waals surface area contributed by atoms with Crippen molar-refractivity contribution >= 4 is 211 Å². The summed E-state index contributed by atoms with van der Waals surface area (Å²) in [5.74, 6) is 2.23. The molecule has 0 bridgehead atoms. The first-order valence-corrected chi connectivity index (χ1v) is 47.4. The average molecular weight is 1520 g/mol. The van der Waals surface area contributed by atoms with Crippen LogP contribution in [0.4, 0.5) is 0 Å². The van der Waals surface area contributed by atoms with Crippen molar-refractivity contribution in [3.8, 4) is 45.5 Å². The van der Waals surface area contributed by atoms with Crippen LogP contribution in [0, 0.1) is 0 Å². The Morgan fingerprint density at radius 3 is 1.27 bits per heavy atom. The fraction of sp³-hybridized carbons (Fsp3) is 0. The first kappa shape index (κ1) is 67.2. The summed E-state index contributed by atoms with van der Waals surface area (Å²) in [6.45, 7) is 0.642. The second-order valence-corrected chi connectivity index (χ2v) is 54.0. The Morgan fingerprint density at radius 1 is 0.364 bits per heavy atom. The molecule has 0 fully saturated rings. The quantitative estimate of drug-likeness (QED) is 0.0605. The van der Waals surface area contributed by atoms with Gasteiger partial charge in [-0.1, -0.05) is 166 Å². The molecule has 0 spiro atoms. The molecule has 0 aliphatic rings. The zero-order valence-corrected chi connectivity index (χ0v) is 63.4. The summed E-state index contributed by atoms with van der Waals surface area (Å²) in [6.07, 6.45) is 7.30. The molecule has 0 radical (unpaired) electrons. The number of hydrogen-bond acceptors (Lipinski definition) is 12. The topological polar surface area (TPSA) is 179 Å². The van der Waals surface area contributed by atoms with Crippen LogP contribution in [0.1, 0.15) is 0 Å². The van der Waals surface area contributed by atoms with E-state index in [2.05, 4.69) is 214 Å². The number of hydrogen-bond donors (Lipinski definition) is 2. The third-order valence-corrected chi connectivity index (χ3v) is 61.4. The van der Waals surface area contributed by atoms with Crippen molar-refractivity contribution in [1.82, 2.24) is 59.0 Å². The molecule has 0 aliphatic heterocycles. The first-order chi connectivity index (χ1) is 48.5. The smallest absolute Gasteiger partial charge is 0.423 e. The Hall–Kier alpha value is -7.69. The Bertz CT molecular complexity index is 5950. The van der Waals surface area contributed by atoms with Gasteiger partial charge in [0.25, 0.3) is 0 Å². The number of halogens is 1. The van der Waals surface area contributed by atoms with E-state index in [1.54, 1.807) is 24.3 Å². The summed E-state index contributed by atoms with van der Waals surface area (Å²) in [5.41, 5.74) is 13.9. The van der Waals surface area contributed by atoms with E-state index >= 15 is 0 Å². The van der Waals surface area contributed by atoms with Crippen molar-refractivity contribution in [3.05, 3.63) is 272 Å². The highest BCUT2D eigenvalue weighted by Gasteiger charge is 2.22. The molecule has 480 valence electrons. The maximum atomic E-state index is 8.58. The van der Waals surface area contributed by atoms with E-state index in [-0.39, 0.29) is 14.0 Å². The van der Waals surface area contributed by atoms with Gasteiger partial charge < -0.3 is 10.0 Å². The lowest BCUT2D eigenvalue weighted by atomic mass is 9.81. The van der Waals surface area contributed by atoms with Gasteiger partial charge in [0.2, 0.25) is 0 Å². The highest BCUT2D eigenvalue weighted by molar-refractivity contribution is 9.10. The Morgan fingerprint density at radius 2 is 0.788 bits per heavy atom. The highest BCUT2D eigenvalue weighted by Crippen LogP contribution is 3.04. The van der Waals surface area contributed by atoms with Crippen LogP contribution < -0.4 is 5.46 Å². The maximum Gasteiger partial charge on any atom is 0.488 e. The molecule has 6 unspecified atom stereocenters. The number of aromatic nitrogens is 12. The van der Waals surface area contributed by atoms with E-state index in [4.69, 9.17) is 54.9 Å². The Kier molecular flexibility index (Phi) is 20.3. The molecule has 14 nitrogen and oxygen atoms in total. The van der Waals surface area contributed by atoms with Gasteiger partial charge in [0.05, 0.1) is 44.5 Å². The van der Waals surface area contributed by atoms with Crippen LogP contribution in [0.25, 0.3) is 155 Å². The molecule has 0 saturated carbocycles. The van der Waals surface area contributed by atoms with Crippen LogP contribution in [0.5, 0.6) is 0 Å². The Balaban J connectivity index is 0.000000130. The van der Waals surface area contributed by atoms with Gasteiger partial charge in [0, 0.05) is 95.3 Å². The molecule has 18 aromatic rings. The van der Waals surface area contributed by atoms with Crippen molar-refractivity contribution in [2.75, 3.05) is 0 Å². The predicted molar refractivity (Wildman–Crippen MR) is 442 cm³/mol. The standard InChI is InChI=1S/C37H22N6.C31H17BrN6.C6H7BO2.H11P9/c1-2-9-25(10-3-1)36-41-34(28-14-6-11-23-12-7-21-38-32(23)28)29-19-17-24-18-20-31(40-33(24)35(29)42-36)43-30-16-5-4-13-26(30)27-15-8-22-39-37(27)43;32-31-36-28(22-9-3-6-18-7-4-16-33-26(18)22)23-14-12-19-13-15-25(35-27(19)29(23)37-31)38-24-11-2-1-8-20(24)21-10-5-17-34-30(21)38;8-7(9)6-4-2-1-3-5-6;1-6-9(7(2)3)8(4)5/h1-22H;1-17H;1-5,8-9H;6H,1-5H2. The predicted octanol–water partition coefficient (Wildman–Crippen LogP) is 20.4. The minimum Gasteiger partial charge on any atom is -0.423 e. The molecule has 18 rings (SSSR count). The van der Waals surface area contributed by atoms with Crippen LogP contribution in [-0.2, 0) is 0 Å². The largest absolute Gasteiger partial charge is 0.488 e. The SMILES string of the molecule is Brc1nc(-c2cccc3cccnc23)c2ccc3ccc(-n4c5ccccc5c5cccnc54)nc3c2n1.OB(O)c1ccccc1.PPP(P(P)P)P(P)P.c1ccc(-c2nc(-c3cccc4cccnc34)c3ccc4ccc(-n5c6ccccc6c6cccnc65)nc4c3n2)cc1. The second kappa shape index (κ2) is 29.9. The van der Waals surface area contributed by atoms with Gasteiger partial charge >= 0.3 is 7.12 Å². The van der Waals surface area contributed by atoms with Gasteiger partial charge in [-0.05, 0) is 127 Å². The van der Waals surface area contributed by atoms with E-state index in [1.807, 2.05) is 104 Å². The van der Waals surface area contributed by atoms with Crippen LogP contribution in [0.2, 0.25) is 0 Å². The number of benzene rings is 8. The summed E-state index contributed by atoms with van der Waals surface area (Å²) in [6, 6.07) is 80.7. The summed E-state index contributed by atoms with van der Waals surface area (Å²) in [7, 11) is 14.3. The molecule has 0 aliphatic carbocycles. The van der Waals surface area contributed by atoms with E-state index in [0.29, 0.717) is 23.0 Å². The zero-order chi connectivity index (χ0) is 67.7. The average Bonchev–Trinajstić information content (AvgIpc) is 1.58. The molecular formula is C74H57BBrN12O2P9. The number of pyridine rings is 6. The van der Waals surface area contributed by atoms with Crippen molar-refractivity contribution in [1.29, 1.82) is 0 Å². The molecule has 2 N–H and O–H groups in total. The fourth-order valence-corrected chi connectivity index (χ4v) is 73.9. The summed E-state index contributed by atoms with van der Waals surface area (Å²) in [5, 5.41) is 27.6. The lowest BCUT2D eigenvalue weighted by molar-refractivity contribution is 0.426. The van der Waals surface area contributed by atoms with Gasteiger partial charge in [0.1, 0.15) is 34.0 Å². The second-order valence-electron chi connectivity index (χ2n) is 22.7. The Labute approximate surface area is 593 Å². The number of nitrogens with zero attached hydrogens (tertiary/aromatic N) is 12. The number of rotatable bonds is 9. The van der Waals surface area contributed by atoms with Crippen molar-refractivity contribution < 1.29 is 10.0 Å². The molecular weight excluding hydrogens is 1460 g/mol. The minimum atomic E-state index is -1.34. The minimum absolute atomic E-state index is 0.173. The molecule has 25 heteroatoms. The lowest BCUT2D eigenvalue weighted by Gasteiger charge is -2.22. The van der Waals surface area contributed by atoms with Crippen LogP contribution in [-0.4, -0.2) is 76.1 Å². The third kappa shape index (κ3) is 13.5. The fourth-order valence-electron chi connectivity index (χ4n) is 12.4. The van der Waals surface area contributed by atoms with Crippen molar-refractivity contribution in [2.24, 2.45) is 0 Å². The number of para-hydroxylation sites is 4. The van der Waals surface area contributed by atoms with Gasteiger partial charge in [0.15, 0.2) is 10.6 Å². The first-order valence-electron chi connectivity index (χ1n) is 31.1. The monoisotopic (exact) mass is 1510 g/mol. The van der Waals surface area contributed by atoms with E-state index in [9.17, 15) is 0 Å². The zero-order valence-electron chi connectivity index (χ0n) is 52.3. The maximum absolute atomic E-state index is 8.58.